The average molecular weight is 309 g/mol. The van der Waals surface area contributed by atoms with Crippen molar-refractivity contribution in [1.82, 2.24) is 14.8 Å². The van der Waals surface area contributed by atoms with Crippen LogP contribution in [0.1, 0.15) is 42.6 Å². The molecule has 3 nitrogen and oxygen atoms in total. The highest BCUT2D eigenvalue weighted by Gasteiger charge is 2.29. The quantitative estimate of drug-likeness (QED) is 0.774. The summed E-state index contributed by atoms with van der Waals surface area (Å²) in [6.07, 6.45) is 4.53. The summed E-state index contributed by atoms with van der Waals surface area (Å²) < 4.78 is 0. The minimum Gasteiger partial charge on any atom is -0.303 e. The van der Waals surface area contributed by atoms with Gasteiger partial charge in [-0.3, -0.25) is 9.88 Å². The van der Waals surface area contributed by atoms with Crippen molar-refractivity contribution >= 4 is 0 Å². The molecule has 1 aliphatic rings. The van der Waals surface area contributed by atoms with Crippen molar-refractivity contribution in [2.75, 3.05) is 14.1 Å². The van der Waals surface area contributed by atoms with Crippen molar-refractivity contribution in [1.29, 1.82) is 0 Å². The molecule has 23 heavy (non-hydrogen) atoms. The molecule has 1 unspecified atom stereocenters. The first kappa shape index (κ1) is 16.2. The van der Waals surface area contributed by atoms with E-state index in [2.05, 4.69) is 72.2 Å². The second-order valence-electron chi connectivity index (χ2n) is 6.84. The minimum absolute atomic E-state index is 0.445. The summed E-state index contributed by atoms with van der Waals surface area (Å²) in [5, 5.41) is 0. The lowest BCUT2D eigenvalue weighted by atomic mass is 10.0. The van der Waals surface area contributed by atoms with Gasteiger partial charge in [-0.15, -0.1) is 0 Å². The van der Waals surface area contributed by atoms with Crippen LogP contribution >= 0.6 is 0 Å². The van der Waals surface area contributed by atoms with Gasteiger partial charge in [0.15, 0.2) is 0 Å². The molecular formula is C20H27N3. The van der Waals surface area contributed by atoms with E-state index in [9.17, 15) is 0 Å². The van der Waals surface area contributed by atoms with E-state index < -0.39 is 0 Å². The van der Waals surface area contributed by atoms with E-state index in [1.54, 1.807) is 0 Å². The fourth-order valence-corrected chi connectivity index (χ4v) is 2.94. The maximum atomic E-state index is 4.49. The van der Waals surface area contributed by atoms with Crippen molar-refractivity contribution in [2.45, 2.75) is 44.9 Å². The van der Waals surface area contributed by atoms with Crippen molar-refractivity contribution in [3.63, 3.8) is 0 Å². The Kier molecular flexibility index (Phi) is 5.09. The largest absolute Gasteiger partial charge is 0.303 e. The maximum Gasteiger partial charge on any atom is 0.0544 e. The zero-order valence-electron chi connectivity index (χ0n) is 14.4. The van der Waals surface area contributed by atoms with E-state index >= 15 is 0 Å². The lowest BCUT2D eigenvalue weighted by molar-refractivity contribution is 0.242. The Morgan fingerprint density at radius 3 is 2.57 bits per heavy atom. The molecule has 1 heterocycles. The van der Waals surface area contributed by atoms with Crippen LogP contribution in [0, 0.1) is 0 Å². The van der Waals surface area contributed by atoms with Crippen LogP contribution in [0.25, 0.3) is 0 Å². The Hall–Kier alpha value is -1.71. The van der Waals surface area contributed by atoms with Gasteiger partial charge in [0.05, 0.1) is 5.69 Å². The highest BCUT2D eigenvalue weighted by molar-refractivity contribution is 5.26. The number of hydrogen-bond acceptors (Lipinski definition) is 3. The van der Waals surface area contributed by atoms with Crippen molar-refractivity contribution in [3.05, 3.63) is 65.5 Å². The van der Waals surface area contributed by atoms with Crippen LogP contribution in [0.4, 0.5) is 0 Å². The van der Waals surface area contributed by atoms with Gasteiger partial charge in [-0.05, 0) is 57.1 Å². The molecular weight excluding hydrogens is 282 g/mol. The number of aromatic nitrogens is 1. The first-order valence-electron chi connectivity index (χ1n) is 8.52. The van der Waals surface area contributed by atoms with E-state index in [4.69, 9.17) is 0 Å². The highest BCUT2D eigenvalue weighted by atomic mass is 15.2. The number of pyridine rings is 1. The normalized spacial score (nSPS) is 16.0. The predicted molar refractivity (Wildman–Crippen MR) is 95.1 cm³/mol. The molecule has 0 bridgehead atoms. The van der Waals surface area contributed by atoms with Gasteiger partial charge in [0.2, 0.25) is 0 Å². The van der Waals surface area contributed by atoms with Gasteiger partial charge in [0.1, 0.15) is 0 Å². The summed E-state index contributed by atoms with van der Waals surface area (Å²) in [4.78, 5) is 9.32. The van der Waals surface area contributed by atoms with E-state index in [1.807, 2.05) is 12.3 Å². The molecule has 1 saturated carbocycles. The standard InChI is InChI=1S/C20H27N3/c1-16(22(2)3)18-8-6-7-17(13-18)14-23(20-10-11-20)15-19-9-4-5-12-21-19/h4-9,12-13,16,20H,10-11,14-15H2,1-3H3. The second kappa shape index (κ2) is 7.24. The number of nitrogens with zero attached hydrogens (tertiary/aromatic N) is 3. The van der Waals surface area contributed by atoms with Crippen molar-refractivity contribution < 1.29 is 0 Å². The van der Waals surface area contributed by atoms with Crippen LogP contribution < -0.4 is 0 Å². The van der Waals surface area contributed by atoms with E-state index in [1.165, 1.54) is 24.0 Å². The molecule has 0 spiro atoms. The third-order valence-corrected chi connectivity index (χ3v) is 4.75. The molecule has 1 fully saturated rings. The first-order chi connectivity index (χ1) is 11.1. The lowest BCUT2D eigenvalue weighted by Crippen LogP contribution is -2.25. The molecule has 2 aromatic rings. The maximum absolute atomic E-state index is 4.49. The van der Waals surface area contributed by atoms with Crippen molar-refractivity contribution in [2.24, 2.45) is 0 Å². The second-order valence-corrected chi connectivity index (χ2v) is 6.84. The Morgan fingerprint density at radius 2 is 1.91 bits per heavy atom. The zero-order chi connectivity index (χ0) is 16.2. The van der Waals surface area contributed by atoms with Gasteiger partial charge in [0.25, 0.3) is 0 Å². The summed E-state index contributed by atoms with van der Waals surface area (Å²) in [5.74, 6) is 0. The third kappa shape index (κ3) is 4.40. The molecule has 0 aliphatic heterocycles. The SMILES string of the molecule is CC(c1cccc(CN(Cc2ccccn2)C2CC2)c1)N(C)C. The van der Waals surface area contributed by atoms with Crippen LogP contribution in [0.15, 0.2) is 48.7 Å². The van der Waals surface area contributed by atoms with Crippen molar-refractivity contribution in [3.8, 4) is 0 Å². The monoisotopic (exact) mass is 309 g/mol. The van der Waals surface area contributed by atoms with Gasteiger partial charge in [0, 0.05) is 31.4 Å². The van der Waals surface area contributed by atoms with Crippen LogP contribution in [0.5, 0.6) is 0 Å². The Bertz CT molecular complexity index is 620. The molecule has 3 heteroatoms. The smallest absolute Gasteiger partial charge is 0.0544 e. The fourth-order valence-electron chi connectivity index (χ4n) is 2.94. The topological polar surface area (TPSA) is 19.4 Å². The molecule has 0 amide bonds. The molecule has 1 aromatic heterocycles. The lowest BCUT2D eigenvalue weighted by Gasteiger charge is -2.24. The molecule has 0 radical (unpaired) electrons. The van der Waals surface area contributed by atoms with Gasteiger partial charge in [-0.25, -0.2) is 0 Å². The van der Waals surface area contributed by atoms with Gasteiger partial charge < -0.3 is 4.90 Å². The molecule has 3 rings (SSSR count). The molecule has 0 N–H and O–H groups in total. The van der Waals surface area contributed by atoms with Gasteiger partial charge in [-0.2, -0.15) is 0 Å². The van der Waals surface area contributed by atoms with Gasteiger partial charge in [-0.1, -0.05) is 30.3 Å². The molecule has 1 aliphatic carbocycles. The number of hydrogen-bond donors (Lipinski definition) is 0. The van der Waals surface area contributed by atoms with E-state index in [-0.39, 0.29) is 0 Å². The predicted octanol–water partition coefficient (Wildman–Crippen LogP) is 3.87. The molecule has 1 atom stereocenters. The van der Waals surface area contributed by atoms with Crippen LogP contribution in [-0.4, -0.2) is 34.9 Å². The summed E-state index contributed by atoms with van der Waals surface area (Å²) in [5.41, 5.74) is 3.96. The molecule has 122 valence electrons. The third-order valence-electron chi connectivity index (χ3n) is 4.75. The zero-order valence-corrected chi connectivity index (χ0v) is 14.4. The summed E-state index contributed by atoms with van der Waals surface area (Å²) in [6.45, 7) is 4.21. The van der Waals surface area contributed by atoms with E-state index in [0.29, 0.717) is 6.04 Å². The minimum atomic E-state index is 0.445. The average Bonchev–Trinajstić information content (AvgIpc) is 3.39. The van der Waals surface area contributed by atoms with Crippen LogP contribution in [-0.2, 0) is 13.1 Å². The summed E-state index contributed by atoms with van der Waals surface area (Å²) in [7, 11) is 4.27. The Morgan fingerprint density at radius 1 is 1.09 bits per heavy atom. The summed E-state index contributed by atoms with van der Waals surface area (Å²) in [6, 6.07) is 16.4. The Labute approximate surface area is 140 Å². The molecule has 1 aromatic carbocycles. The van der Waals surface area contributed by atoms with Crippen LogP contribution in [0.2, 0.25) is 0 Å². The van der Waals surface area contributed by atoms with E-state index in [0.717, 1.165) is 24.8 Å². The molecule has 0 saturated heterocycles. The summed E-state index contributed by atoms with van der Waals surface area (Å²) >= 11 is 0. The van der Waals surface area contributed by atoms with Crippen LogP contribution in [0.3, 0.4) is 0 Å². The fraction of sp³-hybridized carbons (Fsp3) is 0.450. The van der Waals surface area contributed by atoms with Gasteiger partial charge >= 0.3 is 0 Å². The Balaban J connectivity index is 1.72. The first-order valence-corrected chi connectivity index (χ1v) is 8.52. The number of benzene rings is 1. The highest BCUT2D eigenvalue weighted by Crippen LogP contribution is 2.30. The number of rotatable bonds is 7.